The molecule has 0 aromatic rings. The Labute approximate surface area is 93.3 Å². The summed E-state index contributed by atoms with van der Waals surface area (Å²) in [5, 5.41) is 0.218. The summed E-state index contributed by atoms with van der Waals surface area (Å²) in [5.74, 6) is -0.0844. The van der Waals surface area contributed by atoms with E-state index in [1.54, 1.807) is 0 Å². The number of carbonyl (C=O) groups is 1. The average Bonchev–Trinajstić information content (AvgIpc) is 2.46. The molecular weight excluding hydrogens is 208 g/mol. The molecule has 1 saturated heterocycles. The average molecular weight is 230 g/mol. The molecule has 1 aliphatic heterocycles. The first-order chi connectivity index (χ1) is 6.72. The van der Waals surface area contributed by atoms with Gasteiger partial charge in [-0.1, -0.05) is 20.8 Å². The summed E-state index contributed by atoms with van der Waals surface area (Å²) >= 11 is 0. The van der Waals surface area contributed by atoms with E-state index in [1.165, 1.54) is 0 Å². The summed E-state index contributed by atoms with van der Waals surface area (Å²) in [4.78, 5) is 10.9. The topological polar surface area (TPSA) is 35.5 Å². The van der Waals surface area contributed by atoms with Crippen molar-refractivity contribution >= 4 is 14.3 Å². The van der Waals surface area contributed by atoms with Crippen LogP contribution in [0.5, 0.6) is 0 Å². The molecule has 1 aliphatic rings. The van der Waals surface area contributed by atoms with Gasteiger partial charge in [0.15, 0.2) is 8.32 Å². The van der Waals surface area contributed by atoms with Crippen LogP contribution < -0.4 is 0 Å². The molecule has 0 aromatic heterocycles. The molecule has 1 heterocycles. The summed E-state index contributed by atoms with van der Waals surface area (Å²) in [6, 6.07) is 0. The fraction of sp³-hybridized carbons (Fsp3) is 0.909. The summed E-state index contributed by atoms with van der Waals surface area (Å²) in [5.41, 5.74) is 0. The molecular formula is C11H22O3Si. The summed E-state index contributed by atoms with van der Waals surface area (Å²) in [7, 11) is -1.69. The Hall–Kier alpha value is -0.353. The molecule has 1 atom stereocenters. The molecule has 1 rings (SSSR count). The maximum atomic E-state index is 10.9. The van der Waals surface area contributed by atoms with Gasteiger partial charge >= 0.3 is 5.97 Å². The Morgan fingerprint density at radius 2 is 2.07 bits per heavy atom. The van der Waals surface area contributed by atoms with Crippen LogP contribution in [0.2, 0.25) is 18.1 Å². The third-order valence-corrected chi connectivity index (χ3v) is 7.91. The Morgan fingerprint density at radius 3 is 2.47 bits per heavy atom. The van der Waals surface area contributed by atoms with Crippen molar-refractivity contribution in [3.05, 3.63) is 0 Å². The summed E-state index contributed by atoms with van der Waals surface area (Å²) in [6.45, 7) is 11.6. The van der Waals surface area contributed by atoms with Gasteiger partial charge in [-0.25, -0.2) is 0 Å². The quantitative estimate of drug-likeness (QED) is 0.552. The zero-order valence-electron chi connectivity index (χ0n) is 10.4. The van der Waals surface area contributed by atoms with Gasteiger partial charge in [0.05, 0.1) is 6.61 Å². The van der Waals surface area contributed by atoms with Gasteiger partial charge in [-0.2, -0.15) is 0 Å². The van der Waals surface area contributed by atoms with Crippen LogP contribution in [0.25, 0.3) is 0 Å². The van der Waals surface area contributed by atoms with Crippen molar-refractivity contribution < 1.29 is 14.0 Å². The SMILES string of the molecule is CC(C)(C)[Si](C)(C)OC[C@@H]1CCC(=O)O1. The molecule has 0 aromatic carbocycles. The van der Waals surface area contributed by atoms with E-state index in [2.05, 4.69) is 33.9 Å². The standard InChI is InChI=1S/C11H22O3Si/c1-11(2,3)15(4,5)13-8-9-6-7-10(12)14-9/h9H,6-8H2,1-5H3/t9-/m0/s1. The van der Waals surface area contributed by atoms with Crippen molar-refractivity contribution in [2.45, 2.75) is 57.8 Å². The van der Waals surface area contributed by atoms with E-state index in [-0.39, 0.29) is 17.1 Å². The molecule has 1 fully saturated rings. The number of hydrogen-bond acceptors (Lipinski definition) is 3. The van der Waals surface area contributed by atoms with Crippen LogP contribution in [0.3, 0.4) is 0 Å². The van der Waals surface area contributed by atoms with Crippen molar-refractivity contribution in [3.63, 3.8) is 0 Å². The van der Waals surface area contributed by atoms with E-state index in [0.717, 1.165) is 6.42 Å². The highest BCUT2D eigenvalue weighted by Crippen LogP contribution is 2.36. The van der Waals surface area contributed by atoms with Crippen LogP contribution in [-0.2, 0) is 14.0 Å². The first kappa shape index (κ1) is 12.7. The number of hydrogen-bond donors (Lipinski definition) is 0. The van der Waals surface area contributed by atoms with E-state index in [0.29, 0.717) is 13.0 Å². The fourth-order valence-corrected chi connectivity index (χ4v) is 2.25. The number of rotatable bonds is 3. The third kappa shape index (κ3) is 3.31. The van der Waals surface area contributed by atoms with E-state index >= 15 is 0 Å². The highest BCUT2D eigenvalue weighted by molar-refractivity contribution is 6.74. The number of cyclic esters (lactones) is 1. The number of ether oxygens (including phenoxy) is 1. The lowest BCUT2D eigenvalue weighted by atomic mass is 10.2. The molecule has 0 saturated carbocycles. The summed E-state index contributed by atoms with van der Waals surface area (Å²) < 4.78 is 11.1. The molecule has 0 amide bonds. The minimum Gasteiger partial charge on any atom is -0.460 e. The largest absolute Gasteiger partial charge is 0.460 e. The molecule has 0 spiro atoms. The van der Waals surface area contributed by atoms with Crippen LogP contribution in [0.1, 0.15) is 33.6 Å². The molecule has 3 nitrogen and oxygen atoms in total. The first-order valence-corrected chi connectivity index (χ1v) is 8.47. The normalized spacial score (nSPS) is 23.0. The van der Waals surface area contributed by atoms with E-state index < -0.39 is 8.32 Å². The van der Waals surface area contributed by atoms with E-state index in [4.69, 9.17) is 9.16 Å². The highest BCUT2D eigenvalue weighted by Gasteiger charge is 2.38. The van der Waals surface area contributed by atoms with Gasteiger partial charge in [0.2, 0.25) is 0 Å². The van der Waals surface area contributed by atoms with Crippen molar-refractivity contribution in [3.8, 4) is 0 Å². The lowest BCUT2D eigenvalue weighted by Crippen LogP contribution is -2.42. The Morgan fingerprint density at radius 1 is 1.47 bits per heavy atom. The van der Waals surface area contributed by atoms with Crippen LogP contribution >= 0.6 is 0 Å². The predicted octanol–water partition coefficient (Wildman–Crippen LogP) is 2.71. The van der Waals surface area contributed by atoms with Gasteiger partial charge in [-0.3, -0.25) is 4.79 Å². The van der Waals surface area contributed by atoms with Gasteiger partial charge in [-0.15, -0.1) is 0 Å². The van der Waals surface area contributed by atoms with E-state index in [1.807, 2.05) is 0 Å². The van der Waals surface area contributed by atoms with Crippen molar-refractivity contribution in [2.75, 3.05) is 6.61 Å². The lowest BCUT2D eigenvalue weighted by molar-refractivity contribution is -0.142. The highest BCUT2D eigenvalue weighted by atomic mass is 28.4. The minimum absolute atomic E-state index is 0.00775. The summed E-state index contributed by atoms with van der Waals surface area (Å²) in [6.07, 6.45) is 1.35. The lowest BCUT2D eigenvalue weighted by Gasteiger charge is -2.36. The number of carbonyl (C=O) groups excluding carboxylic acids is 1. The van der Waals surface area contributed by atoms with Crippen molar-refractivity contribution in [1.29, 1.82) is 0 Å². The second kappa shape index (κ2) is 4.26. The van der Waals surface area contributed by atoms with Crippen LogP contribution in [0.4, 0.5) is 0 Å². The Kier molecular flexibility index (Phi) is 3.61. The first-order valence-electron chi connectivity index (χ1n) is 5.56. The molecule has 0 unspecified atom stereocenters. The van der Waals surface area contributed by atoms with Gasteiger partial charge in [0.1, 0.15) is 6.10 Å². The molecule has 0 aliphatic carbocycles. The van der Waals surface area contributed by atoms with Crippen molar-refractivity contribution in [1.82, 2.24) is 0 Å². The smallest absolute Gasteiger partial charge is 0.306 e. The maximum absolute atomic E-state index is 10.9. The Bertz CT molecular complexity index is 243. The second-order valence-corrected chi connectivity index (χ2v) is 10.5. The van der Waals surface area contributed by atoms with Crippen LogP contribution in [0, 0.1) is 0 Å². The predicted molar refractivity (Wildman–Crippen MR) is 62.3 cm³/mol. The number of esters is 1. The van der Waals surface area contributed by atoms with Gasteiger partial charge < -0.3 is 9.16 Å². The molecule has 0 N–H and O–H groups in total. The van der Waals surface area contributed by atoms with Gasteiger partial charge in [0.25, 0.3) is 0 Å². The molecule has 4 heteroatoms. The molecule has 15 heavy (non-hydrogen) atoms. The molecule has 88 valence electrons. The second-order valence-electron chi connectivity index (χ2n) is 5.72. The molecule has 0 radical (unpaired) electrons. The zero-order chi connectivity index (χ0) is 11.7. The van der Waals surface area contributed by atoms with Crippen LogP contribution in [-0.4, -0.2) is 27.0 Å². The molecule has 0 bridgehead atoms. The van der Waals surface area contributed by atoms with Gasteiger partial charge in [-0.05, 0) is 24.6 Å². The third-order valence-electron chi connectivity index (χ3n) is 3.40. The Balaban J connectivity index is 2.40. The van der Waals surface area contributed by atoms with Gasteiger partial charge in [0, 0.05) is 6.42 Å². The van der Waals surface area contributed by atoms with Crippen LogP contribution in [0.15, 0.2) is 0 Å². The minimum atomic E-state index is -1.69. The monoisotopic (exact) mass is 230 g/mol. The zero-order valence-corrected chi connectivity index (χ0v) is 11.4. The maximum Gasteiger partial charge on any atom is 0.306 e. The fourth-order valence-electron chi connectivity index (χ4n) is 1.22. The van der Waals surface area contributed by atoms with E-state index in [9.17, 15) is 4.79 Å². The van der Waals surface area contributed by atoms with Crippen molar-refractivity contribution in [2.24, 2.45) is 0 Å².